The van der Waals surface area contributed by atoms with Gasteiger partial charge < -0.3 is 15.5 Å². The summed E-state index contributed by atoms with van der Waals surface area (Å²) < 4.78 is 16.1. The van der Waals surface area contributed by atoms with Crippen LogP contribution >= 0.6 is 0 Å². The summed E-state index contributed by atoms with van der Waals surface area (Å²) in [7, 11) is 0. The second-order valence-electron chi connectivity index (χ2n) is 12.3. The molecule has 0 saturated carbocycles. The quantitative estimate of drug-likeness (QED) is 0.479. The highest BCUT2D eigenvalue weighted by molar-refractivity contribution is 5.92. The lowest BCUT2D eigenvalue weighted by molar-refractivity contribution is -0.146. The number of hydrogen-bond acceptors (Lipinski definition) is 5. The molecule has 1 aromatic heterocycles. The minimum absolute atomic E-state index is 0.0514. The van der Waals surface area contributed by atoms with E-state index < -0.39 is 12.1 Å². The molecule has 2 bridgehead atoms. The molecule has 2 N–H and O–H groups in total. The van der Waals surface area contributed by atoms with Crippen LogP contribution in [0.15, 0.2) is 67.0 Å². The maximum absolute atomic E-state index is 14.4. The molecule has 3 aliphatic rings. The number of nitrogens with zero attached hydrogens (tertiary/aromatic N) is 4. The van der Waals surface area contributed by atoms with Crippen molar-refractivity contribution in [3.05, 3.63) is 83.9 Å². The van der Waals surface area contributed by atoms with Crippen molar-refractivity contribution in [2.24, 2.45) is 11.8 Å². The summed E-state index contributed by atoms with van der Waals surface area (Å²) in [5.74, 6) is -0.392. The first-order chi connectivity index (χ1) is 20.8. The summed E-state index contributed by atoms with van der Waals surface area (Å²) in [5.41, 5.74) is 2.68. The van der Waals surface area contributed by atoms with Crippen LogP contribution in [0.1, 0.15) is 43.7 Å². The first-order valence-corrected chi connectivity index (χ1v) is 15.3. The summed E-state index contributed by atoms with van der Waals surface area (Å²) >= 11 is 0. The number of piperidine rings is 2. The van der Waals surface area contributed by atoms with Gasteiger partial charge in [-0.3, -0.25) is 19.3 Å². The van der Waals surface area contributed by atoms with Crippen LogP contribution in [0.2, 0.25) is 0 Å². The number of amides is 3. The van der Waals surface area contributed by atoms with Crippen molar-refractivity contribution in [1.29, 1.82) is 0 Å². The zero-order valence-corrected chi connectivity index (χ0v) is 24.5. The van der Waals surface area contributed by atoms with Crippen molar-refractivity contribution >= 4 is 17.7 Å². The Balaban J connectivity index is 1.25. The summed E-state index contributed by atoms with van der Waals surface area (Å²) in [4.78, 5) is 44.4. The van der Waals surface area contributed by atoms with Crippen molar-refractivity contribution in [3.63, 3.8) is 0 Å². The van der Waals surface area contributed by atoms with Gasteiger partial charge in [0, 0.05) is 57.5 Å². The zero-order valence-electron chi connectivity index (χ0n) is 24.5. The normalized spacial score (nSPS) is 27.0. The third kappa shape index (κ3) is 6.64. The van der Waals surface area contributed by atoms with Gasteiger partial charge in [0.1, 0.15) is 17.9 Å². The number of hydrogen-bond donors (Lipinski definition) is 2. The zero-order chi connectivity index (χ0) is 29.9. The average molecular weight is 587 g/mol. The van der Waals surface area contributed by atoms with Gasteiger partial charge in [0.25, 0.3) is 0 Å². The predicted octanol–water partition coefficient (Wildman–Crippen LogP) is 3.08. The molecule has 2 aromatic carbocycles. The smallest absolute Gasteiger partial charge is 0.245 e. The standard InChI is InChI=1S/C33H39FN6O3/c1-22-32(42)37-28(16-23-7-3-2-4-8-23)33(43)39-19-24-15-25(29(39)9-5-10-31(41)36-22)20-38(18-24)21-26-17-27(34)11-12-30(26)40-14-6-13-35-40/h2-4,6-8,11-14,17,22,24-25,28-29H,5,9-10,15-16,18-21H2,1H3,(H,36,41)(H,37,42)/t22-,24+,25-,28+,29+/m1/s1. The lowest BCUT2D eigenvalue weighted by atomic mass is 9.77. The Kier molecular flexibility index (Phi) is 8.56. The molecule has 0 radical (unpaired) electrons. The number of carbonyl (C=O) groups excluding carboxylic acids is 3. The Morgan fingerprint density at radius 1 is 1.00 bits per heavy atom. The largest absolute Gasteiger partial charge is 0.345 e. The summed E-state index contributed by atoms with van der Waals surface area (Å²) in [6.07, 6.45) is 6.60. The summed E-state index contributed by atoms with van der Waals surface area (Å²) in [5, 5.41) is 10.1. The Labute approximate surface area is 251 Å². The predicted molar refractivity (Wildman–Crippen MR) is 159 cm³/mol. The summed E-state index contributed by atoms with van der Waals surface area (Å²) in [6, 6.07) is 14.9. The second kappa shape index (κ2) is 12.7. The van der Waals surface area contributed by atoms with Crippen molar-refractivity contribution in [2.45, 2.75) is 63.7 Å². The Morgan fingerprint density at radius 2 is 1.84 bits per heavy atom. The molecule has 0 aliphatic carbocycles. The van der Waals surface area contributed by atoms with E-state index in [4.69, 9.17) is 0 Å². The van der Waals surface area contributed by atoms with Crippen molar-refractivity contribution in [1.82, 2.24) is 30.2 Å². The maximum Gasteiger partial charge on any atom is 0.245 e. The maximum atomic E-state index is 14.4. The molecule has 3 amide bonds. The molecule has 3 aliphatic heterocycles. The minimum atomic E-state index is -0.727. The van der Waals surface area contributed by atoms with Crippen LogP contribution in [-0.4, -0.2) is 75.1 Å². The minimum Gasteiger partial charge on any atom is -0.345 e. The van der Waals surface area contributed by atoms with Crippen molar-refractivity contribution in [3.8, 4) is 5.69 Å². The molecule has 5 atom stereocenters. The molecule has 4 heterocycles. The van der Waals surface area contributed by atoms with Gasteiger partial charge in [0.05, 0.1) is 5.69 Å². The lowest BCUT2D eigenvalue weighted by Crippen LogP contribution is -2.63. The van der Waals surface area contributed by atoms with Crippen LogP contribution in [0.25, 0.3) is 5.69 Å². The van der Waals surface area contributed by atoms with E-state index in [1.54, 1.807) is 29.9 Å². The van der Waals surface area contributed by atoms with E-state index in [1.807, 2.05) is 47.5 Å². The molecular weight excluding hydrogens is 547 g/mol. The van der Waals surface area contributed by atoms with E-state index in [9.17, 15) is 18.8 Å². The molecule has 3 fully saturated rings. The number of fused-ring (bicyclic) bond motifs is 4. The number of benzene rings is 2. The molecule has 0 spiro atoms. The molecule has 3 saturated heterocycles. The number of rotatable bonds is 5. The molecule has 0 unspecified atom stereocenters. The molecule has 6 rings (SSSR count). The van der Waals surface area contributed by atoms with Crippen LogP contribution in [0, 0.1) is 17.7 Å². The Morgan fingerprint density at radius 3 is 2.63 bits per heavy atom. The fourth-order valence-electron chi connectivity index (χ4n) is 7.16. The van der Waals surface area contributed by atoms with Gasteiger partial charge in [-0.05, 0) is 73.4 Å². The molecular formula is C33H39FN6O3. The van der Waals surface area contributed by atoms with Gasteiger partial charge in [-0.25, -0.2) is 9.07 Å². The van der Waals surface area contributed by atoms with Crippen LogP contribution in [0.4, 0.5) is 4.39 Å². The van der Waals surface area contributed by atoms with E-state index in [0.717, 1.165) is 36.3 Å². The average Bonchev–Trinajstić information content (AvgIpc) is 3.52. The summed E-state index contributed by atoms with van der Waals surface area (Å²) in [6.45, 7) is 4.38. The Hall–Kier alpha value is -4.05. The molecule has 226 valence electrons. The first kappa shape index (κ1) is 29.0. The van der Waals surface area contributed by atoms with Crippen molar-refractivity contribution < 1.29 is 18.8 Å². The van der Waals surface area contributed by atoms with E-state index >= 15 is 0 Å². The van der Waals surface area contributed by atoms with Gasteiger partial charge in [0.15, 0.2) is 0 Å². The highest BCUT2D eigenvalue weighted by atomic mass is 19.1. The van der Waals surface area contributed by atoms with Crippen LogP contribution in [0.3, 0.4) is 0 Å². The molecule has 3 aromatic rings. The fourth-order valence-corrected chi connectivity index (χ4v) is 7.16. The van der Waals surface area contributed by atoms with Crippen LogP contribution < -0.4 is 10.6 Å². The lowest BCUT2D eigenvalue weighted by Gasteiger charge is -2.51. The van der Waals surface area contributed by atoms with Gasteiger partial charge in [-0.1, -0.05) is 30.3 Å². The van der Waals surface area contributed by atoms with Gasteiger partial charge >= 0.3 is 0 Å². The van der Waals surface area contributed by atoms with Gasteiger partial charge in [0.2, 0.25) is 17.7 Å². The Bertz CT molecular complexity index is 1450. The molecule has 9 nitrogen and oxygen atoms in total. The SMILES string of the molecule is C[C@H]1NC(=O)CCC[C@H]2[C@@H]3C[C@@H](CN(Cc4cc(F)ccc4-n4cccn4)C3)CN2C(=O)[C@H](Cc2ccccc2)NC1=O. The monoisotopic (exact) mass is 586 g/mol. The third-order valence-corrected chi connectivity index (χ3v) is 9.09. The van der Waals surface area contributed by atoms with E-state index in [1.165, 1.54) is 6.07 Å². The second-order valence-corrected chi connectivity index (χ2v) is 12.3. The van der Waals surface area contributed by atoms with Crippen molar-refractivity contribution in [2.75, 3.05) is 19.6 Å². The molecule has 10 heteroatoms. The van der Waals surface area contributed by atoms with E-state index in [2.05, 4.69) is 20.6 Å². The van der Waals surface area contributed by atoms with E-state index in [-0.39, 0.29) is 41.4 Å². The number of halogens is 1. The highest BCUT2D eigenvalue weighted by Gasteiger charge is 2.44. The first-order valence-electron chi connectivity index (χ1n) is 15.3. The van der Waals surface area contributed by atoms with E-state index in [0.29, 0.717) is 38.8 Å². The van der Waals surface area contributed by atoms with Crippen LogP contribution in [-0.2, 0) is 27.3 Å². The number of aromatic nitrogens is 2. The highest BCUT2D eigenvalue weighted by Crippen LogP contribution is 2.37. The van der Waals surface area contributed by atoms with Gasteiger partial charge in [-0.15, -0.1) is 0 Å². The number of carbonyl (C=O) groups is 3. The third-order valence-electron chi connectivity index (χ3n) is 9.09. The van der Waals surface area contributed by atoms with Crippen LogP contribution in [0.5, 0.6) is 0 Å². The van der Waals surface area contributed by atoms with Gasteiger partial charge in [-0.2, -0.15) is 5.10 Å². The topological polar surface area (TPSA) is 99.6 Å². The fraction of sp³-hybridized carbons (Fsp3) is 0.455. The number of likely N-dealkylation sites (tertiary alicyclic amines) is 1. The molecule has 43 heavy (non-hydrogen) atoms. The number of nitrogens with one attached hydrogen (secondary N) is 2.